The molecule has 4 aromatic carbocycles. The number of hydrogen-bond donors (Lipinski definition) is 0. The van der Waals surface area contributed by atoms with Crippen molar-refractivity contribution >= 4 is 17.9 Å². The molecule has 6 nitrogen and oxygen atoms in total. The lowest BCUT2D eigenvalue weighted by Crippen LogP contribution is -2.09. The van der Waals surface area contributed by atoms with Gasteiger partial charge in [-0.25, -0.2) is 14.4 Å². The van der Waals surface area contributed by atoms with Gasteiger partial charge in [-0.3, -0.25) is 0 Å². The van der Waals surface area contributed by atoms with Crippen LogP contribution >= 0.6 is 0 Å². The highest BCUT2D eigenvalue weighted by Crippen LogP contribution is 2.24. The molecule has 0 aliphatic rings. The van der Waals surface area contributed by atoms with E-state index in [2.05, 4.69) is 43.4 Å². The molecule has 0 aromatic heterocycles. The zero-order valence-electron chi connectivity index (χ0n) is 23.9. The van der Waals surface area contributed by atoms with Crippen LogP contribution < -0.4 is 14.2 Å². The standard InChI is InChI=1S/C38H26O6/c1-5-36(39)42-33-21-13-27(14-22-33)7-8-29-12-18-32(35(25-29)44-38(41)26(3)4)17-11-28-9-15-30(16-10-28)31-19-23-34(24-20-31)43-37(40)6-2/h5-6,9-10,12-16,18-25H,1-3H2,4H3. The van der Waals surface area contributed by atoms with Crippen LogP contribution in [-0.4, -0.2) is 17.9 Å². The molecule has 0 radical (unpaired) electrons. The summed E-state index contributed by atoms with van der Waals surface area (Å²) in [6, 6.07) is 26.7. The van der Waals surface area contributed by atoms with E-state index in [1.807, 2.05) is 36.4 Å². The molecule has 0 aliphatic carbocycles. The maximum Gasteiger partial charge on any atom is 0.338 e. The minimum atomic E-state index is -0.572. The Labute approximate surface area is 255 Å². The Hall–Kier alpha value is -6.37. The van der Waals surface area contributed by atoms with Crippen LogP contribution in [0, 0.1) is 23.7 Å². The van der Waals surface area contributed by atoms with Gasteiger partial charge in [0.25, 0.3) is 0 Å². The van der Waals surface area contributed by atoms with Crippen molar-refractivity contribution in [2.45, 2.75) is 6.92 Å². The molecule has 0 fully saturated rings. The largest absolute Gasteiger partial charge is 0.423 e. The Morgan fingerprint density at radius 2 is 1.02 bits per heavy atom. The first-order chi connectivity index (χ1) is 21.2. The summed E-state index contributed by atoms with van der Waals surface area (Å²) >= 11 is 0. The SMILES string of the molecule is C=CC(=O)Oc1ccc(C#Cc2ccc(C#Cc3ccc(-c4ccc(OC(=O)C=C)cc4)cc3)c(OC(=O)C(=C)C)c2)cc1. The van der Waals surface area contributed by atoms with Gasteiger partial charge >= 0.3 is 17.9 Å². The second-order valence-electron chi connectivity index (χ2n) is 9.26. The van der Waals surface area contributed by atoms with Gasteiger partial charge in [-0.2, -0.15) is 0 Å². The predicted octanol–water partition coefficient (Wildman–Crippen LogP) is 6.82. The molecule has 0 heterocycles. The number of carbonyl (C=O) groups excluding carboxylic acids is 3. The third-order valence-electron chi connectivity index (χ3n) is 5.92. The van der Waals surface area contributed by atoms with Crippen LogP contribution in [0.25, 0.3) is 11.1 Å². The van der Waals surface area contributed by atoms with Gasteiger partial charge in [0, 0.05) is 34.4 Å². The molecule has 6 heteroatoms. The van der Waals surface area contributed by atoms with Gasteiger partial charge in [-0.15, -0.1) is 0 Å². The smallest absolute Gasteiger partial charge is 0.338 e. The molecule has 0 N–H and O–H groups in total. The summed E-state index contributed by atoms with van der Waals surface area (Å²) in [5.41, 5.74) is 4.73. The van der Waals surface area contributed by atoms with E-state index in [9.17, 15) is 14.4 Å². The van der Waals surface area contributed by atoms with Gasteiger partial charge in [-0.05, 0) is 84.8 Å². The van der Waals surface area contributed by atoms with Gasteiger partial charge in [0.05, 0.1) is 5.56 Å². The molecule has 0 aliphatic heterocycles. The molecule has 44 heavy (non-hydrogen) atoms. The number of hydrogen-bond acceptors (Lipinski definition) is 6. The Kier molecular flexibility index (Phi) is 10.1. The Morgan fingerprint density at radius 1 is 0.591 bits per heavy atom. The van der Waals surface area contributed by atoms with E-state index in [4.69, 9.17) is 14.2 Å². The molecular weight excluding hydrogens is 552 g/mol. The maximum atomic E-state index is 12.3. The van der Waals surface area contributed by atoms with E-state index in [1.54, 1.807) is 61.5 Å². The topological polar surface area (TPSA) is 78.9 Å². The minimum Gasteiger partial charge on any atom is -0.423 e. The first kappa shape index (κ1) is 30.6. The molecule has 0 atom stereocenters. The highest BCUT2D eigenvalue weighted by atomic mass is 16.5. The fourth-order valence-electron chi connectivity index (χ4n) is 3.64. The summed E-state index contributed by atoms with van der Waals surface area (Å²) in [7, 11) is 0. The van der Waals surface area contributed by atoms with Crippen molar-refractivity contribution in [3.05, 3.63) is 151 Å². The fourth-order valence-corrected chi connectivity index (χ4v) is 3.64. The van der Waals surface area contributed by atoms with Gasteiger partial charge in [0.2, 0.25) is 0 Å². The first-order valence-corrected chi connectivity index (χ1v) is 13.3. The molecule has 0 bridgehead atoms. The quantitative estimate of drug-likeness (QED) is 0.104. The van der Waals surface area contributed by atoms with Gasteiger partial charge in [0.1, 0.15) is 17.2 Å². The maximum absolute atomic E-state index is 12.3. The average Bonchev–Trinajstić information content (AvgIpc) is 3.04. The molecular formula is C38H26O6. The van der Waals surface area contributed by atoms with Crippen LogP contribution in [0.3, 0.4) is 0 Å². The lowest BCUT2D eigenvalue weighted by Gasteiger charge is -2.07. The van der Waals surface area contributed by atoms with Crippen LogP contribution in [-0.2, 0) is 14.4 Å². The number of benzene rings is 4. The van der Waals surface area contributed by atoms with Gasteiger partial charge in [-0.1, -0.05) is 67.7 Å². The van der Waals surface area contributed by atoms with Crippen LogP contribution in [0.15, 0.2) is 128 Å². The number of rotatable bonds is 7. The zero-order chi connectivity index (χ0) is 31.5. The Bertz CT molecular complexity index is 1870. The normalized spacial score (nSPS) is 9.66. The Balaban J connectivity index is 1.53. The molecule has 0 spiro atoms. The van der Waals surface area contributed by atoms with Crippen molar-refractivity contribution in [3.8, 4) is 52.1 Å². The fraction of sp³-hybridized carbons (Fsp3) is 0.0263. The highest BCUT2D eigenvalue weighted by molar-refractivity contribution is 5.89. The Morgan fingerprint density at radius 3 is 1.55 bits per heavy atom. The van der Waals surface area contributed by atoms with E-state index >= 15 is 0 Å². The predicted molar refractivity (Wildman–Crippen MR) is 169 cm³/mol. The molecule has 4 aromatic rings. The van der Waals surface area contributed by atoms with E-state index in [1.165, 1.54) is 0 Å². The van der Waals surface area contributed by atoms with Crippen molar-refractivity contribution in [1.82, 2.24) is 0 Å². The van der Waals surface area contributed by atoms with Gasteiger partial charge in [0.15, 0.2) is 0 Å². The molecule has 0 saturated carbocycles. The third kappa shape index (κ3) is 8.57. The van der Waals surface area contributed by atoms with Crippen LogP contribution in [0.2, 0.25) is 0 Å². The summed E-state index contributed by atoms with van der Waals surface area (Å²) in [4.78, 5) is 35.1. The lowest BCUT2D eigenvalue weighted by atomic mass is 10.0. The van der Waals surface area contributed by atoms with Crippen LogP contribution in [0.4, 0.5) is 0 Å². The number of esters is 3. The highest BCUT2D eigenvalue weighted by Gasteiger charge is 2.10. The summed E-state index contributed by atoms with van der Waals surface area (Å²) in [5.74, 6) is 11.7. The molecule has 4 rings (SSSR count). The summed E-state index contributed by atoms with van der Waals surface area (Å²) in [6.07, 6.45) is 2.20. The first-order valence-electron chi connectivity index (χ1n) is 13.3. The van der Waals surface area contributed by atoms with Crippen LogP contribution in [0.5, 0.6) is 17.2 Å². The molecule has 0 unspecified atom stereocenters. The molecule has 0 saturated heterocycles. The third-order valence-corrected chi connectivity index (χ3v) is 5.92. The second kappa shape index (κ2) is 14.5. The van der Waals surface area contributed by atoms with E-state index in [-0.39, 0.29) is 11.3 Å². The second-order valence-corrected chi connectivity index (χ2v) is 9.26. The minimum absolute atomic E-state index is 0.250. The van der Waals surface area contributed by atoms with Crippen molar-refractivity contribution in [3.63, 3.8) is 0 Å². The van der Waals surface area contributed by atoms with E-state index in [0.29, 0.717) is 28.2 Å². The van der Waals surface area contributed by atoms with Crippen molar-refractivity contribution in [2.24, 2.45) is 0 Å². The molecule has 214 valence electrons. The lowest BCUT2D eigenvalue weighted by molar-refractivity contribution is -0.130. The monoisotopic (exact) mass is 578 g/mol. The number of ether oxygens (including phenoxy) is 3. The van der Waals surface area contributed by atoms with Crippen molar-refractivity contribution in [1.29, 1.82) is 0 Å². The van der Waals surface area contributed by atoms with E-state index in [0.717, 1.165) is 28.8 Å². The summed E-state index contributed by atoms with van der Waals surface area (Å²) < 4.78 is 15.8. The van der Waals surface area contributed by atoms with Crippen LogP contribution in [0.1, 0.15) is 29.2 Å². The summed E-state index contributed by atoms with van der Waals surface area (Å²) in [5, 5.41) is 0. The van der Waals surface area contributed by atoms with Crippen molar-refractivity contribution in [2.75, 3.05) is 0 Å². The summed E-state index contributed by atoms with van der Waals surface area (Å²) in [6.45, 7) is 12.0. The van der Waals surface area contributed by atoms with E-state index < -0.39 is 17.9 Å². The van der Waals surface area contributed by atoms with Gasteiger partial charge < -0.3 is 14.2 Å². The molecule has 0 amide bonds. The average molecular weight is 579 g/mol. The zero-order valence-corrected chi connectivity index (χ0v) is 23.9. The number of carbonyl (C=O) groups is 3. The van der Waals surface area contributed by atoms with Crippen molar-refractivity contribution < 1.29 is 28.6 Å².